The largest absolute Gasteiger partial charge is 0.467 e. The zero-order valence-corrected chi connectivity index (χ0v) is 12.3. The maximum atomic E-state index is 13.7. The molecule has 2 rings (SSSR count). The Morgan fingerprint density at radius 2 is 2.04 bits per heavy atom. The summed E-state index contributed by atoms with van der Waals surface area (Å²) in [6.45, 7) is 0.0178. The van der Waals surface area contributed by atoms with Gasteiger partial charge in [0.2, 0.25) is 5.91 Å². The number of furan rings is 1. The summed E-state index contributed by atoms with van der Waals surface area (Å²) in [5, 5.41) is 2.52. The van der Waals surface area contributed by atoms with Crippen LogP contribution in [0.1, 0.15) is 16.1 Å². The summed E-state index contributed by atoms with van der Waals surface area (Å²) in [4.78, 5) is 24.4. The molecule has 0 fully saturated rings. The number of carbonyl (C=O) groups is 2. The maximum absolute atomic E-state index is 13.7. The molecule has 1 aromatic heterocycles. The standard InChI is InChI=1S/C15H15F2N3O3/c1-20(8-9-3-2-4-23-9)14(21)7-19-13-5-10(15(18)22)11(16)6-12(13)17/h2-6,19H,7-8H2,1H3,(H2,18,22). The van der Waals surface area contributed by atoms with Crippen LogP contribution in [0.25, 0.3) is 0 Å². The molecule has 0 saturated carbocycles. The molecule has 0 aliphatic carbocycles. The van der Waals surface area contributed by atoms with Gasteiger partial charge in [0.15, 0.2) is 0 Å². The molecule has 0 aliphatic rings. The molecule has 0 saturated heterocycles. The van der Waals surface area contributed by atoms with Crippen molar-refractivity contribution in [1.29, 1.82) is 0 Å². The quantitative estimate of drug-likeness (QED) is 0.847. The second-order valence-corrected chi connectivity index (χ2v) is 4.86. The molecule has 2 aromatic rings. The SMILES string of the molecule is CN(Cc1ccco1)C(=O)CNc1cc(C(N)=O)c(F)cc1F. The van der Waals surface area contributed by atoms with E-state index in [9.17, 15) is 18.4 Å². The van der Waals surface area contributed by atoms with E-state index in [0.29, 0.717) is 11.8 Å². The van der Waals surface area contributed by atoms with E-state index in [4.69, 9.17) is 10.2 Å². The summed E-state index contributed by atoms with van der Waals surface area (Å²) in [6, 6.07) is 4.90. The Hall–Kier alpha value is -2.90. The van der Waals surface area contributed by atoms with E-state index in [2.05, 4.69) is 5.32 Å². The molecule has 0 bridgehead atoms. The van der Waals surface area contributed by atoms with Crippen molar-refractivity contribution >= 4 is 17.5 Å². The van der Waals surface area contributed by atoms with E-state index in [1.54, 1.807) is 19.2 Å². The van der Waals surface area contributed by atoms with Crippen molar-refractivity contribution in [3.63, 3.8) is 0 Å². The first-order valence-corrected chi connectivity index (χ1v) is 6.67. The number of primary amides is 1. The number of amides is 2. The average Bonchev–Trinajstić information content (AvgIpc) is 2.98. The van der Waals surface area contributed by atoms with Crippen LogP contribution in [0.5, 0.6) is 0 Å². The Labute approximate surface area is 130 Å². The van der Waals surface area contributed by atoms with Crippen LogP contribution >= 0.6 is 0 Å². The van der Waals surface area contributed by atoms with E-state index < -0.39 is 23.1 Å². The summed E-state index contributed by atoms with van der Waals surface area (Å²) in [5.74, 6) is -2.74. The number of likely N-dealkylation sites (N-methyl/N-ethyl adjacent to an activating group) is 1. The number of hydrogen-bond acceptors (Lipinski definition) is 4. The van der Waals surface area contributed by atoms with E-state index in [-0.39, 0.29) is 24.7 Å². The van der Waals surface area contributed by atoms with Crippen LogP contribution in [-0.2, 0) is 11.3 Å². The number of halogens is 2. The third kappa shape index (κ3) is 4.06. The Morgan fingerprint density at radius 1 is 1.30 bits per heavy atom. The first-order chi connectivity index (χ1) is 10.9. The number of rotatable bonds is 6. The molecule has 2 amide bonds. The van der Waals surface area contributed by atoms with E-state index in [0.717, 1.165) is 6.07 Å². The van der Waals surface area contributed by atoms with Gasteiger partial charge in [0.05, 0.1) is 30.6 Å². The average molecular weight is 323 g/mol. The summed E-state index contributed by atoms with van der Waals surface area (Å²) in [5.41, 5.74) is 4.36. The van der Waals surface area contributed by atoms with E-state index >= 15 is 0 Å². The fraction of sp³-hybridized carbons (Fsp3) is 0.200. The molecule has 8 heteroatoms. The molecule has 1 heterocycles. The van der Waals surface area contributed by atoms with Gasteiger partial charge in [-0.3, -0.25) is 9.59 Å². The minimum Gasteiger partial charge on any atom is -0.467 e. The second-order valence-electron chi connectivity index (χ2n) is 4.86. The Kier molecular flexibility index (Phi) is 4.95. The van der Waals surface area contributed by atoms with Gasteiger partial charge in [0.1, 0.15) is 17.4 Å². The topological polar surface area (TPSA) is 88.6 Å². The monoisotopic (exact) mass is 323 g/mol. The van der Waals surface area contributed by atoms with Gasteiger partial charge in [0.25, 0.3) is 5.91 Å². The van der Waals surface area contributed by atoms with Gasteiger partial charge in [-0.05, 0) is 18.2 Å². The van der Waals surface area contributed by atoms with Gasteiger partial charge in [-0.1, -0.05) is 0 Å². The van der Waals surface area contributed by atoms with Crippen LogP contribution in [0.3, 0.4) is 0 Å². The summed E-state index contributed by atoms with van der Waals surface area (Å²) in [6.07, 6.45) is 1.49. The minimum absolute atomic E-state index is 0.181. The first-order valence-electron chi connectivity index (χ1n) is 6.67. The van der Waals surface area contributed by atoms with Crippen molar-refractivity contribution in [3.05, 3.63) is 53.5 Å². The fourth-order valence-corrected chi connectivity index (χ4v) is 1.90. The Bertz CT molecular complexity index is 717. The molecular formula is C15H15F2N3O3. The van der Waals surface area contributed by atoms with Gasteiger partial charge >= 0.3 is 0 Å². The van der Waals surface area contributed by atoms with Crippen LogP contribution in [0, 0.1) is 11.6 Å². The lowest BCUT2D eigenvalue weighted by Gasteiger charge is -2.17. The molecule has 0 atom stereocenters. The molecule has 3 N–H and O–H groups in total. The number of nitrogens with zero attached hydrogens (tertiary/aromatic N) is 1. The Morgan fingerprint density at radius 3 is 2.65 bits per heavy atom. The maximum Gasteiger partial charge on any atom is 0.251 e. The number of benzene rings is 1. The molecular weight excluding hydrogens is 308 g/mol. The summed E-state index contributed by atoms with van der Waals surface area (Å²) < 4.78 is 32.1. The molecule has 0 unspecified atom stereocenters. The summed E-state index contributed by atoms with van der Waals surface area (Å²) in [7, 11) is 1.56. The van der Waals surface area contributed by atoms with Crippen LogP contribution < -0.4 is 11.1 Å². The lowest BCUT2D eigenvalue weighted by atomic mass is 10.1. The lowest BCUT2D eigenvalue weighted by molar-refractivity contribution is -0.128. The van der Waals surface area contributed by atoms with Crippen molar-refractivity contribution in [2.24, 2.45) is 5.73 Å². The predicted molar refractivity (Wildman–Crippen MR) is 78.5 cm³/mol. The third-order valence-electron chi connectivity index (χ3n) is 3.15. The van der Waals surface area contributed by atoms with E-state index in [1.165, 1.54) is 11.2 Å². The summed E-state index contributed by atoms with van der Waals surface area (Å²) >= 11 is 0. The van der Waals surface area contributed by atoms with Crippen molar-refractivity contribution in [2.45, 2.75) is 6.54 Å². The van der Waals surface area contributed by atoms with Gasteiger partial charge in [-0.2, -0.15) is 0 Å². The number of carbonyl (C=O) groups excluding carboxylic acids is 2. The number of anilines is 1. The normalized spacial score (nSPS) is 10.4. The van der Waals surface area contributed by atoms with Crippen LogP contribution in [0.4, 0.5) is 14.5 Å². The van der Waals surface area contributed by atoms with Crippen LogP contribution in [-0.4, -0.2) is 30.3 Å². The van der Waals surface area contributed by atoms with Crippen molar-refractivity contribution < 1.29 is 22.8 Å². The van der Waals surface area contributed by atoms with E-state index in [1.807, 2.05) is 0 Å². The van der Waals surface area contributed by atoms with Crippen molar-refractivity contribution in [1.82, 2.24) is 4.90 Å². The lowest BCUT2D eigenvalue weighted by Crippen LogP contribution is -2.31. The Balaban J connectivity index is 2.01. The highest BCUT2D eigenvalue weighted by Crippen LogP contribution is 2.19. The molecule has 23 heavy (non-hydrogen) atoms. The van der Waals surface area contributed by atoms with Gasteiger partial charge in [0, 0.05) is 13.1 Å². The minimum atomic E-state index is -1.05. The third-order valence-corrected chi connectivity index (χ3v) is 3.15. The van der Waals surface area contributed by atoms with Crippen LogP contribution in [0.15, 0.2) is 34.9 Å². The molecule has 6 nitrogen and oxygen atoms in total. The second kappa shape index (κ2) is 6.91. The molecule has 0 radical (unpaired) electrons. The smallest absolute Gasteiger partial charge is 0.251 e. The highest BCUT2D eigenvalue weighted by molar-refractivity contribution is 5.94. The zero-order chi connectivity index (χ0) is 17.0. The van der Waals surface area contributed by atoms with Crippen LogP contribution in [0.2, 0.25) is 0 Å². The van der Waals surface area contributed by atoms with Crippen molar-refractivity contribution in [2.75, 3.05) is 18.9 Å². The van der Waals surface area contributed by atoms with Crippen molar-refractivity contribution in [3.8, 4) is 0 Å². The number of hydrogen-bond donors (Lipinski definition) is 2. The zero-order valence-electron chi connectivity index (χ0n) is 12.3. The molecule has 1 aromatic carbocycles. The molecule has 0 aliphatic heterocycles. The van der Waals surface area contributed by atoms with Gasteiger partial charge in [-0.25, -0.2) is 8.78 Å². The number of nitrogens with one attached hydrogen (secondary N) is 1. The van der Waals surface area contributed by atoms with Gasteiger partial charge < -0.3 is 20.4 Å². The van der Waals surface area contributed by atoms with Gasteiger partial charge in [-0.15, -0.1) is 0 Å². The highest BCUT2D eigenvalue weighted by atomic mass is 19.1. The molecule has 122 valence electrons. The first kappa shape index (κ1) is 16.5. The molecule has 0 spiro atoms. The number of nitrogens with two attached hydrogens (primary N) is 1. The fourth-order valence-electron chi connectivity index (χ4n) is 1.90. The predicted octanol–water partition coefficient (Wildman–Crippen LogP) is 1.73. The highest BCUT2D eigenvalue weighted by Gasteiger charge is 2.16.